The molecule has 1 aliphatic heterocycles. The van der Waals surface area contributed by atoms with Crippen molar-refractivity contribution in [3.05, 3.63) is 12.4 Å². The van der Waals surface area contributed by atoms with Crippen molar-refractivity contribution in [1.29, 1.82) is 0 Å². The van der Waals surface area contributed by atoms with Crippen molar-refractivity contribution in [2.45, 2.75) is 26.3 Å². The molecule has 1 N–H and O–H groups in total. The number of nitrogens with one attached hydrogen (secondary N) is 1. The summed E-state index contributed by atoms with van der Waals surface area (Å²) in [6.07, 6.45) is 3.82. The summed E-state index contributed by atoms with van der Waals surface area (Å²) >= 11 is 0. The Bertz CT molecular complexity index is 438. The van der Waals surface area contributed by atoms with Crippen molar-refractivity contribution in [1.82, 2.24) is 15.1 Å². The first-order valence-corrected chi connectivity index (χ1v) is 5.69. The summed E-state index contributed by atoms with van der Waals surface area (Å²) in [6, 6.07) is 0.255. The van der Waals surface area contributed by atoms with Gasteiger partial charge in [0.15, 0.2) is 0 Å². The van der Waals surface area contributed by atoms with E-state index in [1.54, 1.807) is 15.8 Å². The first-order chi connectivity index (χ1) is 8.08. The quantitative estimate of drug-likeness (QED) is 0.804. The monoisotopic (exact) mass is 236 g/mol. The third-order valence-corrected chi connectivity index (χ3v) is 2.73. The SMILES string of the molecule is CC(C)n1cc(N2CCC(=O)NCC2=O)cn1. The summed E-state index contributed by atoms with van der Waals surface area (Å²) in [4.78, 5) is 24.6. The van der Waals surface area contributed by atoms with Gasteiger partial charge in [-0.2, -0.15) is 5.10 Å². The summed E-state index contributed by atoms with van der Waals surface area (Å²) < 4.78 is 1.79. The van der Waals surface area contributed by atoms with E-state index in [0.29, 0.717) is 13.0 Å². The van der Waals surface area contributed by atoms with Crippen LogP contribution in [0.4, 0.5) is 5.69 Å². The highest BCUT2D eigenvalue weighted by Crippen LogP contribution is 2.17. The molecule has 0 atom stereocenters. The molecule has 0 saturated carbocycles. The Balaban J connectivity index is 2.19. The Morgan fingerprint density at radius 1 is 1.41 bits per heavy atom. The predicted molar refractivity (Wildman–Crippen MR) is 62.6 cm³/mol. The second-order valence-electron chi connectivity index (χ2n) is 4.34. The van der Waals surface area contributed by atoms with Crippen LogP contribution < -0.4 is 10.2 Å². The Morgan fingerprint density at radius 2 is 2.18 bits per heavy atom. The molecular formula is C11H16N4O2. The molecule has 2 heterocycles. The van der Waals surface area contributed by atoms with Gasteiger partial charge < -0.3 is 10.2 Å². The van der Waals surface area contributed by atoms with Gasteiger partial charge in [0.05, 0.1) is 18.4 Å². The average molecular weight is 236 g/mol. The van der Waals surface area contributed by atoms with Gasteiger partial charge in [-0.3, -0.25) is 14.3 Å². The van der Waals surface area contributed by atoms with Gasteiger partial charge in [0, 0.05) is 25.2 Å². The molecule has 0 aliphatic carbocycles. The average Bonchev–Trinajstić information content (AvgIpc) is 2.70. The van der Waals surface area contributed by atoms with Gasteiger partial charge in [0.2, 0.25) is 11.8 Å². The Hall–Kier alpha value is -1.85. The lowest BCUT2D eigenvalue weighted by Gasteiger charge is -2.17. The molecule has 6 nitrogen and oxygen atoms in total. The zero-order chi connectivity index (χ0) is 12.4. The molecule has 1 aromatic heterocycles. The molecule has 0 bridgehead atoms. The number of aromatic nitrogens is 2. The fraction of sp³-hybridized carbons (Fsp3) is 0.545. The van der Waals surface area contributed by atoms with E-state index in [1.807, 2.05) is 20.0 Å². The molecule has 0 unspecified atom stereocenters. The standard InChI is InChI=1S/C11H16N4O2/c1-8(2)15-7-9(5-13-15)14-4-3-10(16)12-6-11(14)17/h5,7-8H,3-4,6H2,1-2H3,(H,12,16). The molecule has 2 amide bonds. The number of carbonyl (C=O) groups excluding carboxylic acids is 2. The van der Waals surface area contributed by atoms with Crippen LogP contribution in [0.25, 0.3) is 0 Å². The van der Waals surface area contributed by atoms with Crippen LogP contribution in [0.3, 0.4) is 0 Å². The van der Waals surface area contributed by atoms with Gasteiger partial charge in [-0.1, -0.05) is 0 Å². The van der Waals surface area contributed by atoms with Gasteiger partial charge in [0.25, 0.3) is 0 Å². The first kappa shape index (κ1) is 11.6. The minimum absolute atomic E-state index is 0.0612. The van der Waals surface area contributed by atoms with Crippen molar-refractivity contribution in [3.63, 3.8) is 0 Å². The predicted octanol–water partition coefficient (Wildman–Crippen LogP) is 0.317. The molecule has 1 aromatic rings. The lowest BCUT2D eigenvalue weighted by molar-refractivity contribution is -0.123. The van der Waals surface area contributed by atoms with E-state index < -0.39 is 0 Å². The zero-order valence-electron chi connectivity index (χ0n) is 10.0. The van der Waals surface area contributed by atoms with Crippen LogP contribution in [-0.4, -0.2) is 34.7 Å². The summed E-state index contributed by atoms with van der Waals surface area (Å²) in [7, 11) is 0. The van der Waals surface area contributed by atoms with Gasteiger partial charge in [-0.15, -0.1) is 0 Å². The minimum Gasteiger partial charge on any atom is -0.347 e. The third-order valence-electron chi connectivity index (χ3n) is 2.73. The van der Waals surface area contributed by atoms with Crippen molar-refractivity contribution < 1.29 is 9.59 Å². The van der Waals surface area contributed by atoms with Crippen LogP contribution in [0, 0.1) is 0 Å². The first-order valence-electron chi connectivity index (χ1n) is 5.69. The van der Waals surface area contributed by atoms with E-state index >= 15 is 0 Å². The second kappa shape index (κ2) is 4.57. The molecular weight excluding hydrogens is 220 g/mol. The summed E-state index contributed by atoms with van der Waals surface area (Å²) in [5, 5.41) is 6.76. The van der Waals surface area contributed by atoms with E-state index in [2.05, 4.69) is 10.4 Å². The molecule has 2 rings (SSSR count). The number of anilines is 1. The summed E-state index contributed by atoms with van der Waals surface area (Å²) in [5.41, 5.74) is 0.750. The van der Waals surface area contributed by atoms with Crippen molar-refractivity contribution in [2.75, 3.05) is 18.0 Å². The molecule has 92 valence electrons. The van der Waals surface area contributed by atoms with Gasteiger partial charge in [-0.25, -0.2) is 0 Å². The number of hydrogen-bond donors (Lipinski definition) is 1. The lowest BCUT2D eigenvalue weighted by atomic mass is 10.3. The molecule has 17 heavy (non-hydrogen) atoms. The molecule has 1 saturated heterocycles. The van der Waals surface area contributed by atoms with Gasteiger partial charge in [-0.05, 0) is 13.8 Å². The van der Waals surface area contributed by atoms with Gasteiger partial charge >= 0.3 is 0 Å². The molecule has 6 heteroatoms. The van der Waals surface area contributed by atoms with E-state index in [9.17, 15) is 9.59 Å². The zero-order valence-corrected chi connectivity index (χ0v) is 10.0. The third kappa shape index (κ3) is 2.46. The number of amides is 2. The van der Waals surface area contributed by atoms with Crippen molar-refractivity contribution >= 4 is 17.5 Å². The number of carbonyl (C=O) groups is 2. The molecule has 0 aromatic carbocycles. The van der Waals surface area contributed by atoms with Gasteiger partial charge in [0.1, 0.15) is 0 Å². The Kier molecular flexibility index (Phi) is 3.12. The van der Waals surface area contributed by atoms with E-state index in [4.69, 9.17) is 0 Å². The highest BCUT2D eigenvalue weighted by atomic mass is 16.2. The number of hydrogen-bond acceptors (Lipinski definition) is 3. The molecule has 1 fully saturated rings. The number of rotatable bonds is 2. The van der Waals surface area contributed by atoms with E-state index in [0.717, 1.165) is 5.69 Å². The van der Waals surface area contributed by atoms with Crippen molar-refractivity contribution in [3.8, 4) is 0 Å². The van der Waals surface area contributed by atoms with Crippen molar-refractivity contribution in [2.24, 2.45) is 0 Å². The highest BCUT2D eigenvalue weighted by Gasteiger charge is 2.22. The van der Waals surface area contributed by atoms with Crippen LogP contribution in [-0.2, 0) is 9.59 Å². The van der Waals surface area contributed by atoms with E-state index in [1.165, 1.54) is 0 Å². The number of nitrogens with zero attached hydrogens (tertiary/aromatic N) is 3. The second-order valence-corrected chi connectivity index (χ2v) is 4.34. The largest absolute Gasteiger partial charge is 0.347 e. The van der Waals surface area contributed by atoms with Crippen LogP contribution in [0.1, 0.15) is 26.3 Å². The topological polar surface area (TPSA) is 67.2 Å². The smallest absolute Gasteiger partial charge is 0.246 e. The maximum absolute atomic E-state index is 11.8. The van der Waals surface area contributed by atoms with Crippen LogP contribution in [0.15, 0.2) is 12.4 Å². The normalized spacial score (nSPS) is 17.2. The molecule has 0 spiro atoms. The highest BCUT2D eigenvalue weighted by molar-refractivity contribution is 5.98. The summed E-state index contributed by atoms with van der Waals surface area (Å²) in [6.45, 7) is 4.51. The summed E-state index contributed by atoms with van der Waals surface area (Å²) in [5.74, 6) is -0.184. The van der Waals surface area contributed by atoms with Crippen LogP contribution in [0.5, 0.6) is 0 Å². The minimum atomic E-state index is -0.0980. The maximum Gasteiger partial charge on any atom is 0.246 e. The Labute approximate surface area is 99.6 Å². The fourth-order valence-corrected chi connectivity index (χ4v) is 1.72. The van der Waals surface area contributed by atoms with Crippen LogP contribution >= 0.6 is 0 Å². The Morgan fingerprint density at radius 3 is 2.82 bits per heavy atom. The molecule has 0 radical (unpaired) electrons. The fourth-order valence-electron chi connectivity index (χ4n) is 1.72. The molecule has 1 aliphatic rings. The van der Waals surface area contributed by atoms with Crippen LogP contribution in [0.2, 0.25) is 0 Å². The van der Waals surface area contributed by atoms with E-state index in [-0.39, 0.29) is 24.4 Å². The lowest BCUT2D eigenvalue weighted by Crippen LogP contribution is -2.35. The maximum atomic E-state index is 11.8.